The molecule has 2 heterocycles. The maximum atomic E-state index is 4.36. The lowest BCUT2D eigenvalue weighted by atomic mass is 10.2. The van der Waals surface area contributed by atoms with Gasteiger partial charge in [-0.05, 0) is 6.07 Å². The van der Waals surface area contributed by atoms with Gasteiger partial charge in [0.1, 0.15) is 5.82 Å². The lowest BCUT2D eigenvalue weighted by Gasteiger charge is -2.34. The van der Waals surface area contributed by atoms with E-state index in [1.54, 1.807) is 0 Å². The molecule has 0 spiro atoms. The van der Waals surface area contributed by atoms with Gasteiger partial charge in [-0.25, -0.2) is 4.98 Å². The monoisotopic (exact) mass is 251 g/mol. The summed E-state index contributed by atoms with van der Waals surface area (Å²) in [5.41, 5.74) is 1.29. The molecule has 1 aliphatic rings. The number of hydrogen-bond acceptors (Lipinski definition) is 4. The average Bonchev–Trinajstić information content (AvgIpc) is 2.28. The van der Waals surface area contributed by atoms with Crippen molar-refractivity contribution < 1.29 is 0 Å². The standard InChI is InChI=1S/C13H21N3S/c1-10-7-16(8-11(2)17-10)9-12-5-4-6-15-13(12)14-3/h4-6,10-11H,7-9H2,1-3H3,(H,14,15). The van der Waals surface area contributed by atoms with Crippen molar-refractivity contribution in [2.24, 2.45) is 0 Å². The number of nitrogens with one attached hydrogen (secondary N) is 1. The topological polar surface area (TPSA) is 28.2 Å². The SMILES string of the molecule is CNc1ncccc1CN1CC(C)SC(C)C1. The number of rotatable bonds is 3. The van der Waals surface area contributed by atoms with Crippen molar-refractivity contribution in [3.63, 3.8) is 0 Å². The molecule has 0 bridgehead atoms. The smallest absolute Gasteiger partial charge is 0.130 e. The highest BCUT2D eigenvalue weighted by molar-refractivity contribution is 8.00. The first-order valence-corrected chi connectivity index (χ1v) is 7.12. The largest absolute Gasteiger partial charge is 0.373 e. The average molecular weight is 251 g/mol. The Labute approximate surface area is 108 Å². The van der Waals surface area contributed by atoms with Gasteiger partial charge in [-0.3, -0.25) is 4.90 Å². The minimum atomic E-state index is 0.730. The van der Waals surface area contributed by atoms with E-state index in [1.807, 2.05) is 19.3 Å². The summed E-state index contributed by atoms with van der Waals surface area (Å²) < 4.78 is 0. The Morgan fingerprint density at radius 3 is 2.76 bits per heavy atom. The summed E-state index contributed by atoms with van der Waals surface area (Å²) in [7, 11) is 1.93. The quantitative estimate of drug-likeness (QED) is 0.893. The van der Waals surface area contributed by atoms with Crippen LogP contribution in [0, 0.1) is 0 Å². The van der Waals surface area contributed by atoms with E-state index in [9.17, 15) is 0 Å². The summed E-state index contributed by atoms with van der Waals surface area (Å²) in [5.74, 6) is 1.01. The van der Waals surface area contributed by atoms with E-state index < -0.39 is 0 Å². The Hall–Kier alpha value is -0.740. The fourth-order valence-corrected chi connectivity index (χ4v) is 3.83. The third kappa shape index (κ3) is 3.36. The highest BCUT2D eigenvalue weighted by atomic mass is 32.2. The van der Waals surface area contributed by atoms with Crippen LogP contribution >= 0.6 is 11.8 Å². The fourth-order valence-electron chi connectivity index (χ4n) is 2.45. The van der Waals surface area contributed by atoms with E-state index in [4.69, 9.17) is 0 Å². The van der Waals surface area contributed by atoms with Crippen molar-refractivity contribution >= 4 is 17.6 Å². The Morgan fingerprint density at radius 1 is 1.41 bits per heavy atom. The van der Waals surface area contributed by atoms with Crippen LogP contribution in [0.25, 0.3) is 0 Å². The number of nitrogens with zero attached hydrogens (tertiary/aromatic N) is 2. The molecule has 4 heteroatoms. The molecule has 1 aromatic heterocycles. The van der Waals surface area contributed by atoms with Crippen LogP contribution in [0.5, 0.6) is 0 Å². The van der Waals surface area contributed by atoms with Gasteiger partial charge in [0.05, 0.1) is 0 Å². The minimum absolute atomic E-state index is 0.730. The second-order valence-electron chi connectivity index (χ2n) is 4.71. The highest BCUT2D eigenvalue weighted by Gasteiger charge is 2.22. The summed E-state index contributed by atoms with van der Waals surface area (Å²) in [6.45, 7) is 7.98. The van der Waals surface area contributed by atoms with Crippen molar-refractivity contribution in [2.75, 3.05) is 25.5 Å². The predicted octanol–water partition coefficient (Wildman–Crippen LogP) is 2.45. The predicted molar refractivity (Wildman–Crippen MR) is 75.6 cm³/mol. The minimum Gasteiger partial charge on any atom is -0.373 e. The summed E-state index contributed by atoms with van der Waals surface area (Å²) in [4.78, 5) is 6.89. The first-order valence-electron chi connectivity index (χ1n) is 6.18. The second kappa shape index (κ2) is 5.74. The Balaban J connectivity index is 2.04. The molecule has 3 nitrogen and oxygen atoms in total. The maximum Gasteiger partial charge on any atom is 0.130 e. The molecule has 1 aromatic rings. The van der Waals surface area contributed by atoms with Crippen molar-refractivity contribution in [3.05, 3.63) is 23.9 Å². The zero-order valence-electron chi connectivity index (χ0n) is 10.8. The number of thioether (sulfide) groups is 1. The molecular weight excluding hydrogens is 230 g/mol. The van der Waals surface area contributed by atoms with Gasteiger partial charge in [-0.2, -0.15) is 11.8 Å². The Morgan fingerprint density at radius 2 is 2.12 bits per heavy atom. The molecular formula is C13H21N3S. The summed E-state index contributed by atoms with van der Waals surface area (Å²) in [5, 5.41) is 4.62. The van der Waals surface area contributed by atoms with Crippen LogP contribution in [-0.4, -0.2) is 40.5 Å². The van der Waals surface area contributed by atoms with Crippen molar-refractivity contribution in [1.82, 2.24) is 9.88 Å². The number of hydrogen-bond donors (Lipinski definition) is 1. The van der Waals surface area contributed by atoms with E-state index in [0.717, 1.165) is 22.9 Å². The molecule has 17 heavy (non-hydrogen) atoms. The van der Waals surface area contributed by atoms with Crippen LogP contribution in [0.4, 0.5) is 5.82 Å². The van der Waals surface area contributed by atoms with E-state index >= 15 is 0 Å². The van der Waals surface area contributed by atoms with Gasteiger partial charge >= 0.3 is 0 Å². The molecule has 0 radical (unpaired) electrons. The van der Waals surface area contributed by atoms with Crippen LogP contribution in [-0.2, 0) is 6.54 Å². The summed E-state index contributed by atoms with van der Waals surface area (Å²) in [6.07, 6.45) is 1.84. The zero-order chi connectivity index (χ0) is 12.3. The van der Waals surface area contributed by atoms with Crippen molar-refractivity contribution in [3.8, 4) is 0 Å². The van der Waals surface area contributed by atoms with Crippen LogP contribution in [0.2, 0.25) is 0 Å². The molecule has 1 aliphatic heterocycles. The third-order valence-electron chi connectivity index (χ3n) is 3.02. The van der Waals surface area contributed by atoms with E-state index in [0.29, 0.717) is 0 Å². The molecule has 0 amide bonds. The summed E-state index contributed by atoms with van der Waals surface area (Å²) in [6, 6.07) is 4.18. The molecule has 2 unspecified atom stereocenters. The molecule has 1 saturated heterocycles. The zero-order valence-corrected chi connectivity index (χ0v) is 11.6. The normalized spacial score (nSPS) is 25.8. The van der Waals surface area contributed by atoms with Gasteiger partial charge in [0.2, 0.25) is 0 Å². The maximum absolute atomic E-state index is 4.36. The molecule has 2 rings (SSSR count). The molecule has 1 N–H and O–H groups in total. The third-order valence-corrected chi connectivity index (χ3v) is 4.24. The molecule has 0 aromatic carbocycles. The van der Waals surface area contributed by atoms with Crippen molar-refractivity contribution in [1.29, 1.82) is 0 Å². The highest BCUT2D eigenvalue weighted by Crippen LogP contribution is 2.26. The molecule has 0 aliphatic carbocycles. The van der Waals surface area contributed by atoms with Gasteiger partial charge in [0.25, 0.3) is 0 Å². The van der Waals surface area contributed by atoms with Crippen LogP contribution in [0.1, 0.15) is 19.4 Å². The number of anilines is 1. The van der Waals surface area contributed by atoms with E-state index in [1.165, 1.54) is 18.7 Å². The second-order valence-corrected chi connectivity index (χ2v) is 6.59. The van der Waals surface area contributed by atoms with Gasteiger partial charge < -0.3 is 5.32 Å². The van der Waals surface area contributed by atoms with Crippen molar-refractivity contribution in [2.45, 2.75) is 30.9 Å². The van der Waals surface area contributed by atoms with Crippen LogP contribution in [0.3, 0.4) is 0 Å². The Kier molecular flexibility index (Phi) is 4.29. The first kappa shape index (κ1) is 12.7. The first-order chi connectivity index (χ1) is 8.19. The van der Waals surface area contributed by atoms with Gasteiger partial charge in [-0.15, -0.1) is 0 Å². The fraction of sp³-hybridized carbons (Fsp3) is 0.615. The number of aromatic nitrogens is 1. The molecule has 94 valence electrons. The molecule has 2 atom stereocenters. The van der Waals surface area contributed by atoms with E-state index in [2.05, 4.69) is 46.9 Å². The number of pyridine rings is 1. The lowest BCUT2D eigenvalue weighted by molar-refractivity contribution is 0.263. The van der Waals surface area contributed by atoms with Crippen LogP contribution in [0.15, 0.2) is 18.3 Å². The Bertz CT molecular complexity index is 359. The lowest BCUT2D eigenvalue weighted by Crippen LogP contribution is -2.39. The van der Waals surface area contributed by atoms with Gasteiger partial charge in [0.15, 0.2) is 0 Å². The molecule has 1 fully saturated rings. The van der Waals surface area contributed by atoms with Gasteiger partial charge in [-0.1, -0.05) is 19.9 Å². The van der Waals surface area contributed by atoms with Gasteiger partial charge in [0, 0.05) is 48.9 Å². The molecule has 0 saturated carbocycles. The summed E-state index contributed by atoms with van der Waals surface area (Å²) >= 11 is 2.09. The van der Waals surface area contributed by atoms with Crippen LogP contribution < -0.4 is 5.32 Å². The van der Waals surface area contributed by atoms with E-state index in [-0.39, 0.29) is 0 Å².